The van der Waals surface area contributed by atoms with Gasteiger partial charge in [0.05, 0.1) is 0 Å². The SMILES string of the molecule is CCCCCCCCCCCCCCCCC(CCC)CCCCCCCCCCCCCCCC. The Kier molecular flexibility index (Phi) is 33.0. The first-order valence-corrected chi connectivity index (χ1v) is 17.8. The number of unbranched alkanes of at least 4 members (excludes halogenated alkanes) is 26. The van der Waals surface area contributed by atoms with Crippen LogP contribution in [0.25, 0.3) is 0 Å². The summed E-state index contributed by atoms with van der Waals surface area (Å²) in [7, 11) is 0. The first kappa shape index (κ1) is 36.0. The zero-order valence-electron chi connectivity index (χ0n) is 26.2. The van der Waals surface area contributed by atoms with Gasteiger partial charge in [0.15, 0.2) is 0 Å². The molecule has 0 aromatic carbocycles. The Hall–Kier alpha value is 0. The average molecular weight is 507 g/mol. The summed E-state index contributed by atoms with van der Waals surface area (Å²) in [5.41, 5.74) is 0. The molecule has 0 unspecified atom stereocenters. The molecule has 0 atom stereocenters. The van der Waals surface area contributed by atoms with Gasteiger partial charge in [0.1, 0.15) is 0 Å². The van der Waals surface area contributed by atoms with Crippen LogP contribution in [0.3, 0.4) is 0 Å². The van der Waals surface area contributed by atoms with Crippen LogP contribution in [0.15, 0.2) is 0 Å². The van der Waals surface area contributed by atoms with Crippen molar-refractivity contribution in [2.24, 2.45) is 5.92 Å². The van der Waals surface area contributed by atoms with Gasteiger partial charge >= 0.3 is 0 Å². The van der Waals surface area contributed by atoms with Crippen molar-refractivity contribution in [2.75, 3.05) is 0 Å². The van der Waals surface area contributed by atoms with Crippen LogP contribution in [0.2, 0.25) is 0 Å². The normalized spacial score (nSPS) is 11.7. The van der Waals surface area contributed by atoms with Crippen LogP contribution in [-0.2, 0) is 0 Å². The minimum atomic E-state index is 1.03. The third-order valence-electron chi connectivity index (χ3n) is 8.63. The number of hydrogen-bond acceptors (Lipinski definition) is 0. The van der Waals surface area contributed by atoms with Crippen molar-refractivity contribution < 1.29 is 0 Å². The van der Waals surface area contributed by atoms with Gasteiger partial charge in [-0.25, -0.2) is 0 Å². The molecule has 0 heterocycles. The van der Waals surface area contributed by atoms with Crippen LogP contribution >= 0.6 is 0 Å². The van der Waals surface area contributed by atoms with Crippen LogP contribution in [0.4, 0.5) is 0 Å². The lowest BCUT2D eigenvalue weighted by Gasteiger charge is -2.16. The predicted octanol–water partition coefficient (Wildman–Crippen LogP) is 14.1. The Morgan fingerprint density at radius 1 is 0.222 bits per heavy atom. The summed E-state index contributed by atoms with van der Waals surface area (Å²) in [4.78, 5) is 0. The van der Waals surface area contributed by atoms with Crippen LogP contribution in [0.1, 0.15) is 226 Å². The lowest BCUT2D eigenvalue weighted by atomic mass is 9.90. The highest BCUT2D eigenvalue weighted by molar-refractivity contribution is 4.61. The van der Waals surface area contributed by atoms with E-state index < -0.39 is 0 Å². The van der Waals surface area contributed by atoms with Crippen molar-refractivity contribution in [3.05, 3.63) is 0 Å². The highest BCUT2D eigenvalue weighted by atomic mass is 14.1. The van der Waals surface area contributed by atoms with Gasteiger partial charge in [0.25, 0.3) is 0 Å². The van der Waals surface area contributed by atoms with E-state index in [1.807, 2.05) is 0 Å². The minimum Gasteiger partial charge on any atom is -0.0654 e. The Morgan fingerprint density at radius 2 is 0.444 bits per heavy atom. The monoisotopic (exact) mass is 507 g/mol. The molecule has 0 radical (unpaired) electrons. The van der Waals surface area contributed by atoms with Crippen molar-refractivity contribution in [2.45, 2.75) is 226 Å². The Labute approximate surface area is 232 Å². The molecule has 0 heteroatoms. The fraction of sp³-hybridized carbons (Fsp3) is 1.00. The summed E-state index contributed by atoms with van der Waals surface area (Å²) in [5, 5.41) is 0. The molecule has 0 aliphatic carbocycles. The van der Waals surface area contributed by atoms with E-state index in [4.69, 9.17) is 0 Å². The fourth-order valence-electron chi connectivity index (χ4n) is 6.10. The van der Waals surface area contributed by atoms with Crippen LogP contribution in [-0.4, -0.2) is 0 Å². The zero-order chi connectivity index (χ0) is 26.2. The van der Waals surface area contributed by atoms with Crippen molar-refractivity contribution in [1.82, 2.24) is 0 Å². The number of rotatable bonds is 32. The maximum absolute atomic E-state index is 2.39. The molecule has 0 fully saturated rings. The summed E-state index contributed by atoms with van der Waals surface area (Å²) in [6.45, 7) is 7.01. The van der Waals surface area contributed by atoms with Crippen molar-refractivity contribution in [3.63, 3.8) is 0 Å². The fourth-order valence-corrected chi connectivity index (χ4v) is 6.10. The highest BCUT2D eigenvalue weighted by Gasteiger charge is 2.07. The van der Waals surface area contributed by atoms with E-state index in [9.17, 15) is 0 Å². The first-order valence-electron chi connectivity index (χ1n) is 17.8. The molecule has 0 spiro atoms. The van der Waals surface area contributed by atoms with Crippen LogP contribution in [0, 0.1) is 5.92 Å². The smallest absolute Gasteiger partial charge is 0.0414 e. The second-order valence-corrected chi connectivity index (χ2v) is 12.4. The first-order chi connectivity index (χ1) is 17.8. The second-order valence-electron chi connectivity index (χ2n) is 12.4. The van der Waals surface area contributed by atoms with E-state index in [-0.39, 0.29) is 0 Å². The lowest BCUT2D eigenvalue weighted by molar-refractivity contribution is 0.376. The zero-order valence-corrected chi connectivity index (χ0v) is 26.2. The molecule has 0 bridgehead atoms. The molecule has 0 nitrogen and oxygen atoms in total. The molecule has 218 valence electrons. The summed E-state index contributed by atoms with van der Waals surface area (Å²) in [6, 6.07) is 0. The molecule has 0 saturated carbocycles. The van der Waals surface area contributed by atoms with Gasteiger partial charge in [-0.1, -0.05) is 226 Å². The van der Waals surface area contributed by atoms with E-state index in [1.54, 1.807) is 0 Å². The molecule has 0 aromatic heterocycles. The van der Waals surface area contributed by atoms with E-state index in [2.05, 4.69) is 20.8 Å². The van der Waals surface area contributed by atoms with Crippen molar-refractivity contribution >= 4 is 0 Å². The lowest BCUT2D eigenvalue weighted by Crippen LogP contribution is -2.00. The third kappa shape index (κ3) is 30.2. The second kappa shape index (κ2) is 33.0. The maximum Gasteiger partial charge on any atom is -0.0414 e. The quantitative estimate of drug-likeness (QED) is 0.0795. The highest BCUT2D eigenvalue weighted by Crippen LogP contribution is 2.23. The Morgan fingerprint density at radius 3 is 0.667 bits per heavy atom. The Balaban J connectivity index is 3.37. The van der Waals surface area contributed by atoms with Gasteiger partial charge in [-0.05, 0) is 5.92 Å². The van der Waals surface area contributed by atoms with Gasteiger partial charge in [-0.15, -0.1) is 0 Å². The van der Waals surface area contributed by atoms with Gasteiger partial charge in [0.2, 0.25) is 0 Å². The average Bonchev–Trinajstić information content (AvgIpc) is 2.89. The molecular weight excluding hydrogens is 432 g/mol. The van der Waals surface area contributed by atoms with E-state index in [0.29, 0.717) is 0 Å². The molecule has 0 aliphatic rings. The molecular formula is C36H74. The summed E-state index contributed by atoms with van der Waals surface area (Å²) in [6.07, 6.45) is 47.3. The van der Waals surface area contributed by atoms with Crippen molar-refractivity contribution in [3.8, 4) is 0 Å². The third-order valence-corrected chi connectivity index (χ3v) is 8.63. The van der Waals surface area contributed by atoms with Crippen molar-refractivity contribution in [1.29, 1.82) is 0 Å². The maximum atomic E-state index is 2.39. The summed E-state index contributed by atoms with van der Waals surface area (Å²) in [5.74, 6) is 1.03. The van der Waals surface area contributed by atoms with Gasteiger partial charge in [-0.2, -0.15) is 0 Å². The minimum absolute atomic E-state index is 1.03. The number of hydrogen-bond donors (Lipinski definition) is 0. The van der Waals surface area contributed by atoms with Gasteiger partial charge in [-0.3, -0.25) is 0 Å². The molecule has 0 rings (SSSR count). The topological polar surface area (TPSA) is 0 Å². The van der Waals surface area contributed by atoms with Gasteiger partial charge < -0.3 is 0 Å². The molecule has 36 heavy (non-hydrogen) atoms. The van der Waals surface area contributed by atoms with Crippen LogP contribution < -0.4 is 0 Å². The molecule has 0 saturated heterocycles. The summed E-state index contributed by atoms with van der Waals surface area (Å²) < 4.78 is 0. The molecule has 0 N–H and O–H groups in total. The standard InChI is InChI=1S/C36H74/c1-4-7-9-11-13-15-17-19-21-23-25-27-29-31-34-36(33-6-3)35-32-30-28-26-24-22-20-18-16-14-12-10-8-5-2/h36H,4-35H2,1-3H3. The van der Waals surface area contributed by atoms with Crippen LogP contribution in [0.5, 0.6) is 0 Å². The molecule has 0 aromatic rings. The van der Waals surface area contributed by atoms with E-state index in [0.717, 1.165) is 5.92 Å². The predicted molar refractivity (Wildman–Crippen MR) is 168 cm³/mol. The van der Waals surface area contributed by atoms with Gasteiger partial charge in [0, 0.05) is 0 Å². The largest absolute Gasteiger partial charge is 0.0654 e. The molecule has 0 aliphatic heterocycles. The van der Waals surface area contributed by atoms with E-state index in [1.165, 1.54) is 205 Å². The molecule has 0 amide bonds. The Bertz CT molecular complexity index is 327. The van der Waals surface area contributed by atoms with E-state index >= 15 is 0 Å². The summed E-state index contributed by atoms with van der Waals surface area (Å²) >= 11 is 0.